The lowest BCUT2D eigenvalue weighted by atomic mass is 9.85. The lowest BCUT2D eigenvalue weighted by molar-refractivity contribution is -0.216. The fourth-order valence-corrected chi connectivity index (χ4v) is 8.67. The molecule has 0 aromatic carbocycles. The van der Waals surface area contributed by atoms with Gasteiger partial charge in [-0.3, -0.25) is 23.2 Å². The zero-order chi connectivity index (χ0) is 48.2. The Labute approximate surface area is 388 Å². The number of allylic oxidation sites excluding steroid dienone is 8. The zero-order valence-corrected chi connectivity index (χ0v) is 40.9. The molecule has 0 amide bonds. The van der Waals surface area contributed by atoms with Crippen molar-refractivity contribution in [1.29, 1.82) is 0 Å². The predicted molar refractivity (Wildman–Crippen MR) is 250 cm³/mol. The number of carbonyl (C=O) groups is 2. The number of rotatable bonds is 40. The maximum absolute atomic E-state index is 12.9. The van der Waals surface area contributed by atoms with Crippen LogP contribution in [-0.4, -0.2) is 103 Å². The topological polar surface area (TPSA) is 256 Å². The molecule has 0 aromatic rings. The maximum atomic E-state index is 12.9. The van der Waals surface area contributed by atoms with Crippen molar-refractivity contribution in [3.8, 4) is 0 Å². The molecule has 0 bridgehead atoms. The van der Waals surface area contributed by atoms with Crippen LogP contribution in [0.2, 0.25) is 0 Å². The summed E-state index contributed by atoms with van der Waals surface area (Å²) in [5.41, 5.74) is 0. The van der Waals surface area contributed by atoms with Gasteiger partial charge in [-0.15, -0.1) is 0 Å². The second kappa shape index (κ2) is 37.9. The van der Waals surface area contributed by atoms with Gasteiger partial charge in [0, 0.05) is 12.8 Å². The van der Waals surface area contributed by atoms with E-state index in [-0.39, 0.29) is 12.8 Å². The van der Waals surface area contributed by atoms with E-state index >= 15 is 0 Å². The van der Waals surface area contributed by atoms with Gasteiger partial charge >= 0.3 is 27.6 Å². The lowest BCUT2D eigenvalue weighted by Gasteiger charge is -2.43. The van der Waals surface area contributed by atoms with Crippen LogP contribution in [0.5, 0.6) is 0 Å². The Balaban J connectivity index is 2.61. The van der Waals surface area contributed by atoms with Crippen LogP contribution in [0, 0.1) is 0 Å². The molecule has 0 heterocycles. The van der Waals surface area contributed by atoms with Crippen LogP contribution < -0.4 is 0 Å². The lowest BCUT2D eigenvalue weighted by Crippen LogP contribution is -2.64. The van der Waals surface area contributed by atoms with Crippen LogP contribution in [0.3, 0.4) is 0 Å². The average Bonchev–Trinajstić information content (AvgIpc) is 3.26. The molecule has 1 fully saturated rings. The second-order valence-corrected chi connectivity index (χ2v) is 19.4. The molecule has 1 rings (SSSR count). The van der Waals surface area contributed by atoms with Gasteiger partial charge in [0.25, 0.3) is 0 Å². The van der Waals surface area contributed by atoms with Crippen molar-refractivity contribution in [1.82, 2.24) is 0 Å². The fraction of sp³-hybridized carbons (Fsp3) is 0.787. The van der Waals surface area contributed by atoms with E-state index < -0.39 is 83.5 Å². The Morgan fingerprint density at radius 1 is 0.492 bits per heavy atom. The van der Waals surface area contributed by atoms with Crippen molar-refractivity contribution < 1.29 is 76.9 Å². The van der Waals surface area contributed by atoms with E-state index in [1.165, 1.54) is 83.5 Å². The van der Waals surface area contributed by atoms with E-state index in [2.05, 4.69) is 54.8 Å². The van der Waals surface area contributed by atoms with Gasteiger partial charge in [0.1, 0.15) is 43.2 Å². The summed E-state index contributed by atoms with van der Waals surface area (Å²) in [6.07, 6.45) is 28.0. The number of aliphatic hydroxyl groups is 4. The molecule has 0 aromatic heterocycles. The van der Waals surface area contributed by atoms with Gasteiger partial charge in [-0.2, -0.15) is 0 Å². The Kier molecular flexibility index (Phi) is 35.5. The van der Waals surface area contributed by atoms with E-state index in [0.29, 0.717) is 19.3 Å². The zero-order valence-electron chi connectivity index (χ0n) is 39.2. The van der Waals surface area contributed by atoms with E-state index in [4.69, 9.17) is 28.3 Å². The molecule has 65 heavy (non-hydrogen) atoms. The number of esters is 2. The Morgan fingerprint density at radius 3 is 1.34 bits per heavy atom. The van der Waals surface area contributed by atoms with Crippen LogP contribution in [0.25, 0.3) is 0 Å². The molecule has 7 N–H and O–H groups in total. The van der Waals surface area contributed by atoms with E-state index in [0.717, 1.165) is 51.4 Å². The molecule has 1 saturated carbocycles. The molecule has 378 valence electrons. The van der Waals surface area contributed by atoms with Gasteiger partial charge < -0.3 is 44.6 Å². The van der Waals surface area contributed by atoms with Gasteiger partial charge in [0.05, 0.1) is 6.61 Å². The van der Waals surface area contributed by atoms with Gasteiger partial charge in [0.15, 0.2) is 6.10 Å². The summed E-state index contributed by atoms with van der Waals surface area (Å²) in [5.74, 6) is -1.25. The van der Waals surface area contributed by atoms with Crippen molar-refractivity contribution in [3.05, 3.63) is 48.6 Å². The molecule has 1 aliphatic carbocycles. The monoisotopic (exact) mass is 967 g/mol. The quantitative estimate of drug-likeness (QED) is 0.0131. The van der Waals surface area contributed by atoms with Crippen LogP contribution in [-0.2, 0) is 41.8 Å². The number of unbranched alkanes of at least 4 members (excludes halogenated alkanes) is 18. The molecular formula is C47H84O16P2. The van der Waals surface area contributed by atoms with E-state index in [1.807, 2.05) is 12.2 Å². The van der Waals surface area contributed by atoms with Gasteiger partial charge in [-0.1, -0.05) is 165 Å². The summed E-state index contributed by atoms with van der Waals surface area (Å²) in [7, 11) is -10.6. The summed E-state index contributed by atoms with van der Waals surface area (Å²) < 4.78 is 49.1. The number of phosphoric ester groups is 2. The van der Waals surface area contributed by atoms with E-state index in [1.54, 1.807) is 0 Å². The molecule has 0 saturated heterocycles. The summed E-state index contributed by atoms with van der Waals surface area (Å²) in [5, 5.41) is 41.5. The van der Waals surface area contributed by atoms with Crippen molar-refractivity contribution in [2.24, 2.45) is 0 Å². The summed E-state index contributed by atoms with van der Waals surface area (Å²) >= 11 is 0. The predicted octanol–water partition coefficient (Wildman–Crippen LogP) is 9.29. The summed E-state index contributed by atoms with van der Waals surface area (Å²) in [6, 6.07) is 0. The molecule has 0 aliphatic heterocycles. The SMILES string of the molecule is CCCCC/C=C/C/C=C\C/C=C\C/C=C\CCCC(=O)O[C@H](COC(=O)CCCCCCCCCCCCCCCCC)COP(=O)(O)OC1[C@H](O)[C@H](O)C(OP(=O)(O)O)[C@H](O)[C@H]1O. The summed E-state index contributed by atoms with van der Waals surface area (Å²) in [6.45, 7) is 3.07. The average molecular weight is 967 g/mol. The Hall–Kier alpha value is -2.04. The minimum Gasteiger partial charge on any atom is -0.462 e. The molecule has 18 heteroatoms. The van der Waals surface area contributed by atoms with Gasteiger partial charge in [-0.05, 0) is 51.4 Å². The molecule has 16 nitrogen and oxygen atoms in total. The standard InChI is InChI=1S/C47H84O16P2/c1-3-5-7-9-11-13-15-17-19-20-22-24-26-28-30-32-34-36-41(49)61-39(37-59-40(48)35-33-31-29-27-25-23-21-18-16-14-12-10-8-6-4-2)38-60-65(57,58)63-47-44(52)42(50)46(43(51)45(47)53)62-64(54,55)56/h11,13,17,19,22,24,28,30,39,42-47,50-53H,3-10,12,14-16,18,20-21,23,25-27,29,31-38H2,1-2H3,(H,57,58)(H2,54,55,56)/b13-11+,19-17-,24-22-,30-28-/t39-,42-,43+,44-,45-,46?,47?/m1/s1. The van der Waals surface area contributed by atoms with Crippen molar-refractivity contribution in [3.63, 3.8) is 0 Å². The van der Waals surface area contributed by atoms with Crippen molar-refractivity contribution in [2.45, 2.75) is 224 Å². The molecule has 0 spiro atoms. The van der Waals surface area contributed by atoms with Gasteiger partial charge in [0.2, 0.25) is 0 Å². The summed E-state index contributed by atoms with van der Waals surface area (Å²) in [4.78, 5) is 54.0. The number of ether oxygens (including phenoxy) is 2. The van der Waals surface area contributed by atoms with Crippen LogP contribution in [0.4, 0.5) is 0 Å². The number of hydrogen-bond acceptors (Lipinski definition) is 13. The highest BCUT2D eigenvalue weighted by atomic mass is 31.2. The second-order valence-electron chi connectivity index (χ2n) is 16.8. The van der Waals surface area contributed by atoms with Gasteiger partial charge in [-0.25, -0.2) is 9.13 Å². The minimum atomic E-state index is -5.31. The molecule has 1 aliphatic rings. The number of phosphoric acid groups is 2. The van der Waals surface area contributed by atoms with Crippen molar-refractivity contribution in [2.75, 3.05) is 13.2 Å². The van der Waals surface area contributed by atoms with Crippen LogP contribution in [0.15, 0.2) is 48.6 Å². The minimum absolute atomic E-state index is 0.0248. The molecule has 8 atom stereocenters. The third-order valence-electron chi connectivity index (χ3n) is 10.9. The first kappa shape index (κ1) is 61.0. The van der Waals surface area contributed by atoms with Crippen LogP contribution >= 0.6 is 15.6 Å². The highest BCUT2D eigenvalue weighted by molar-refractivity contribution is 7.47. The molecule has 0 radical (unpaired) electrons. The first-order chi connectivity index (χ1) is 31.1. The number of aliphatic hydroxyl groups excluding tert-OH is 4. The fourth-order valence-electron chi connectivity index (χ4n) is 7.14. The number of hydrogen-bond donors (Lipinski definition) is 7. The smallest absolute Gasteiger partial charge is 0.462 e. The van der Waals surface area contributed by atoms with Crippen LogP contribution in [0.1, 0.15) is 181 Å². The largest absolute Gasteiger partial charge is 0.472 e. The molecule has 3 unspecified atom stereocenters. The maximum Gasteiger partial charge on any atom is 0.472 e. The first-order valence-electron chi connectivity index (χ1n) is 24.2. The highest BCUT2D eigenvalue weighted by Gasteiger charge is 2.54. The van der Waals surface area contributed by atoms with Crippen molar-refractivity contribution >= 4 is 27.6 Å². The Bertz CT molecular complexity index is 1430. The van der Waals surface area contributed by atoms with E-state index in [9.17, 15) is 44.0 Å². The molecular weight excluding hydrogens is 882 g/mol. The first-order valence-corrected chi connectivity index (χ1v) is 27.2. The third-order valence-corrected chi connectivity index (χ3v) is 12.4. The highest BCUT2D eigenvalue weighted by Crippen LogP contribution is 2.48. The third kappa shape index (κ3) is 32.4. The normalized spacial score (nSPS) is 22.0. The number of carbonyl (C=O) groups excluding carboxylic acids is 2. The Morgan fingerprint density at radius 2 is 0.877 bits per heavy atom.